The van der Waals surface area contributed by atoms with Crippen molar-refractivity contribution in [3.05, 3.63) is 94.0 Å². The highest BCUT2D eigenvalue weighted by atomic mass is 35.5. The second-order valence-corrected chi connectivity index (χ2v) is 8.50. The zero-order valence-electron chi connectivity index (χ0n) is 16.5. The van der Waals surface area contributed by atoms with Crippen LogP contribution in [0.4, 0.5) is 11.4 Å². The van der Waals surface area contributed by atoms with Crippen LogP contribution >= 0.6 is 23.2 Å². The van der Waals surface area contributed by atoms with Gasteiger partial charge in [-0.3, -0.25) is 14.4 Å². The summed E-state index contributed by atoms with van der Waals surface area (Å²) in [5, 5.41) is 2.75. The molecule has 0 spiro atoms. The molecule has 0 bridgehead atoms. The van der Waals surface area contributed by atoms with E-state index in [-0.39, 0.29) is 5.91 Å². The molecule has 3 aromatic carbocycles. The first kappa shape index (κ1) is 20.1. The van der Waals surface area contributed by atoms with Crippen LogP contribution in [0.15, 0.2) is 72.8 Å². The van der Waals surface area contributed by atoms with Gasteiger partial charge in [0.1, 0.15) is 5.92 Å². The molecule has 156 valence electrons. The van der Waals surface area contributed by atoms with E-state index in [1.54, 1.807) is 35.4 Å². The topological polar surface area (TPSA) is 49.9 Å². The van der Waals surface area contributed by atoms with Crippen molar-refractivity contribution >= 4 is 46.4 Å². The van der Waals surface area contributed by atoms with E-state index >= 15 is 0 Å². The third-order valence-corrected chi connectivity index (χ3v) is 6.41. The van der Waals surface area contributed by atoms with Crippen LogP contribution in [-0.4, -0.2) is 17.9 Å². The summed E-state index contributed by atoms with van der Waals surface area (Å²) >= 11 is 12.3. The predicted octanol–water partition coefficient (Wildman–Crippen LogP) is 5.35. The van der Waals surface area contributed by atoms with E-state index in [9.17, 15) is 9.59 Å². The number of fused-ring (bicyclic) bond motifs is 1. The van der Waals surface area contributed by atoms with Gasteiger partial charge in [-0.05, 0) is 54.4 Å². The third-order valence-electron chi connectivity index (χ3n) is 5.75. The minimum atomic E-state index is -0.923. The third kappa shape index (κ3) is 3.30. The Morgan fingerprint density at radius 2 is 1.55 bits per heavy atom. The molecule has 0 aliphatic carbocycles. The summed E-state index contributed by atoms with van der Waals surface area (Å²) in [6.45, 7) is 1.87. The molecule has 2 aliphatic heterocycles. The fraction of sp³-hybridized carbons (Fsp3) is 0.167. The number of benzene rings is 3. The normalized spacial score (nSPS) is 22.9. The molecule has 2 aliphatic rings. The number of anilines is 2. The van der Waals surface area contributed by atoms with E-state index in [0.717, 1.165) is 16.8 Å². The zero-order chi connectivity index (χ0) is 21.7. The van der Waals surface area contributed by atoms with Crippen molar-refractivity contribution in [2.45, 2.75) is 19.1 Å². The van der Waals surface area contributed by atoms with E-state index in [2.05, 4.69) is 0 Å². The lowest BCUT2D eigenvalue weighted by Crippen LogP contribution is -2.37. The number of carbonyl (C=O) groups excluding carboxylic acids is 2. The van der Waals surface area contributed by atoms with Gasteiger partial charge in [0.2, 0.25) is 5.91 Å². The number of rotatable bonds is 3. The highest BCUT2D eigenvalue weighted by Gasteiger charge is 2.60. The molecule has 0 aromatic heterocycles. The van der Waals surface area contributed by atoms with Gasteiger partial charge < -0.3 is 0 Å². The fourth-order valence-electron chi connectivity index (χ4n) is 4.19. The number of halogens is 2. The van der Waals surface area contributed by atoms with Gasteiger partial charge in [0.25, 0.3) is 5.91 Å². The number of nitrogens with zero attached hydrogens (tertiary/aromatic N) is 2. The van der Waals surface area contributed by atoms with Crippen LogP contribution in [0.2, 0.25) is 10.0 Å². The van der Waals surface area contributed by atoms with E-state index in [0.29, 0.717) is 15.7 Å². The summed E-state index contributed by atoms with van der Waals surface area (Å²) in [7, 11) is 0. The van der Waals surface area contributed by atoms with Crippen LogP contribution in [0.25, 0.3) is 0 Å². The van der Waals surface area contributed by atoms with Gasteiger partial charge in [-0.25, -0.2) is 9.96 Å². The lowest BCUT2D eigenvalue weighted by Gasteiger charge is -2.28. The fourth-order valence-corrected chi connectivity index (χ4v) is 4.49. The van der Waals surface area contributed by atoms with Crippen molar-refractivity contribution in [1.29, 1.82) is 0 Å². The Labute approximate surface area is 189 Å². The quantitative estimate of drug-likeness (QED) is 0.502. The lowest BCUT2D eigenvalue weighted by atomic mass is 9.90. The molecule has 7 heteroatoms. The van der Waals surface area contributed by atoms with Gasteiger partial charge >= 0.3 is 0 Å². The zero-order valence-corrected chi connectivity index (χ0v) is 18.0. The van der Waals surface area contributed by atoms with Crippen molar-refractivity contribution in [2.75, 3.05) is 9.96 Å². The number of para-hydroxylation sites is 1. The first-order valence-corrected chi connectivity index (χ1v) is 10.6. The highest BCUT2D eigenvalue weighted by Crippen LogP contribution is 2.47. The molecule has 0 radical (unpaired) electrons. The number of hydroxylamine groups is 1. The van der Waals surface area contributed by atoms with Crippen LogP contribution in [0.3, 0.4) is 0 Å². The summed E-state index contributed by atoms with van der Waals surface area (Å²) in [5.41, 5.74) is 2.92. The van der Waals surface area contributed by atoms with Crippen molar-refractivity contribution in [3.63, 3.8) is 0 Å². The van der Waals surface area contributed by atoms with Crippen molar-refractivity contribution in [1.82, 2.24) is 0 Å². The summed E-state index contributed by atoms with van der Waals surface area (Å²) < 4.78 is 0. The molecule has 5 rings (SSSR count). The van der Waals surface area contributed by atoms with Crippen molar-refractivity contribution in [3.8, 4) is 0 Å². The SMILES string of the molecule is Cc1ccc(N2C(=O)[C@@H]3[C@H](ON(c4ccccc4)[C@H]3c3ccc(Cl)cc3)C2=O)cc1Cl. The Hall–Kier alpha value is -2.86. The first-order chi connectivity index (χ1) is 15.0. The number of hydrogen-bond acceptors (Lipinski definition) is 4. The summed E-state index contributed by atoms with van der Waals surface area (Å²) in [4.78, 5) is 34.1. The van der Waals surface area contributed by atoms with E-state index in [4.69, 9.17) is 28.0 Å². The number of carbonyl (C=O) groups is 2. The lowest BCUT2D eigenvalue weighted by molar-refractivity contribution is -0.126. The van der Waals surface area contributed by atoms with Crippen molar-refractivity contribution in [2.24, 2.45) is 5.92 Å². The molecular weight excluding hydrogens is 435 g/mol. The van der Waals surface area contributed by atoms with Crippen LogP contribution < -0.4 is 9.96 Å². The molecule has 2 heterocycles. The number of imide groups is 1. The molecular formula is C24H18Cl2N2O3. The molecule has 2 amide bonds. The summed E-state index contributed by atoms with van der Waals surface area (Å²) in [6, 6.07) is 21.4. The molecule has 3 aromatic rings. The van der Waals surface area contributed by atoms with Crippen LogP contribution in [0, 0.1) is 12.8 Å². The van der Waals surface area contributed by atoms with E-state index < -0.39 is 24.0 Å². The number of aryl methyl sites for hydroxylation is 1. The van der Waals surface area contributed by atoms with Gasteiger partial charge in [-0.2, -0.15) is 0 Å². The molecule has 2 saturated heterocycles. The monoisotopic (exact) mass is 452 g/mol. The highest BCUT2D eigenvalue weighted by molar-refractivity contribution is 6.32. The Bertz CT molecular complexity index is 1170. The largest absolute Gasteiger partial charge is 0.273 e. The van der Waals surface area contributed by atoms with Crippen molar-refractivity contribution < 1.29 is 14.4 Å². The summed E-state index contributed by atoms with van der Waals surface area (Å²) in [5.74, 6) is -1.41. The Balaban J connectivity index is 1.58. The van der Waals surface area contributed by atoms with E-state index in [1.807, 2.05) is 49.4 Å². The molecule has 5 nitrogen and oxygen atoms in total. The summed E-state index contributed by atoms with van der Waals surface area (Å²) in [6.07, 6.45) is -0.923. The Kier molecular flexibility index (Phi) is 4.97. The molecule has 0 unspecified atom stereocenters. The Morgan fingerprint density at radius 1 is 0.839 bits per heavy atom. The average Bonchev–Trinajstić information content (AvgIpc) is 3.28. The van der Waals surface area contributed by atoms with Crippen LogP contribution in [0.5, 0.6) is 0 Å². The van der Waals surface area contributed by atoms with E-state index in [1.165, 1.54) is 4.90 Å². The maximum atomic E-state index is 13.6. The average molecular weight is 453 g/mol. The van der Waals surface area contributed by atoms with Gasteiger partial charge in [0.15, 0.2) is 6.10 Å². The second kappa shape index (κ2) is 7.68. The second-order valence-electron chi connectivity index (χ2n) is 7.65. The molecule has 2 fully saturated rings. The standard InChI is InChI=1S/C24H18Cl2N2O3/c1-14-7-12-18(13-19(14)26)27-23(29)20-21(15-8-10-16(25)11-9-15)28(31-22(20)24(27)30)17-5-3-2-4-6-17/h2-13,20-22H,1H3/t20-,21-,22-/m0/s1. The maximum Gasteiger partial charge on any atom is 0.266 e. The predicted molar refractivity (Wildman–Crippen MR) is 120 cm³/mol. The minimum Gasteiger partial charge on any atom is -0.273 e. The molecule has 31 heavy (non-hydrogen) atoms. The minimum absolute atomic E-state index is 0.312. The van der Waals surface area contributed by atoms with Gasteiger partial charge in [0.05, 0.1) is 17.4 Å². The van der Waals surface area contributed by atoms with Gasteiger partial charge in [0, 0.05) is 10.0 Å². The molecule has 3 atom stereocenters. The first-order valence-electron chi connectivity index (χ1n) is 9.86. The number of amides is 2. The smallest absolute Gasteiger partial charge is 0.266 e. The van der Waals surface area contributed by atoms with Gasteiger partial charge in [-0.1, -0.05) is 59.6 Å². The molecule has 0 saturated carbocycles. The maximum absolute atomic E-state index is 13.6. The van der Waals surface area contributed by atoms with Crippen LogP contribution in [0.1, 0.15) is 17.2 Å². The Morgan fingerprint density at radius 3 is 2.23 bits per heavy atom. The van der Waals surface area contributed by atoms with Gasteiger partial charge in [-0.15, -0.1) is 0 Å². The number of hydrogen-bond donors (Lipinski definition) is 0. The molecule has 0 N–H and O–H groups in total. The van der Waals surface area contributed by atoms with Crippen LogP contribution in [-0.2, 0) is 14.4 Å².